The minimum atomic E-state index is -3.25. The van der Waals surface area contributed by atoms with Gasteiger partial charge in [-0.05, 0) is 54.7 Å². The van der Waals surface area contributed by atoms with Gasteiger partial charge in [0.05, 0.1) is 10.9 Å². The predicted molar refractivity (Wildman–Crippen MR) is 93.8 cm³/mol. The van der Waals surface area contributed by atoms with Crippen molar-refractivity contribution in [3.63, 3.8) is 0 Å². The van der Waals surface area contributed by atoms with Crippen LogP contribution < -0.4 is 0 Å². The summed E-state index contributed by atoms with van der Waals surface area (Å²) in [7, 11) is -1.43. The first-order valence-electron chi connectivity index (χ1n) is 8.03. The molecular formula is C19H21NO3S. The van der Waals surface area contributed by atoms with Gasteiger partial charge in [-0.3, -0.25) is 4.79 Å². The molecule has 2 aromatic carbocycles. The molecule has 24 heavy (non-hydrogen) atoms. The summed E-state index contributed by atoms with van der Waals surface area (Å²) in [5, 5.41) is 0. The largest absolute Gasteiger partial charge is 0.335 e. The molecule has 0 N–H and O–H groups in total. The number of fused-ring (bicyclic) bond motifs is 1. The molecular weight excluding hydrogens is 322 g/mol. The van der Waals surface area contributed by atoms with Gasteiger partial charge < -0.3 is 4.90 Å². The van der Waals surface area contributed by atoms with Crippen molar-refractivity contribution in [1.82, 2.24) is 4.90 Å². The van der Waals surface area contributed by atoms with Gasteiger partial charge in [-0.25, -0.2) is 8.42 Å². The van der Waals surface area contributed by atoms with Gasteiger partial charge in [0, 0.05) is 18.9 Å². The Bertz CT molecular complexity index is 856. The number of rotatable bonds is 3. The lowest BCUT2D eigenvalue weighted by atomic mass is 9.87. The van der Waals surface area contributed by atoms with Crippen LogP contribution in [0.5, 0.6) is 0 Å². The summed E-state index contributed by atoms with van der Waals surface area (Å²) >= 11 is 0. The third-order valence-electron chi connectivity index (χ3n) is 4.66. The van der Waals surface area contributed by atoms with Crippen LogP contribution in [0.1, 0.15) is 40.4 Å². The number of amides is 1. The van der Waals surface area contributed by atoms with E-state index in [0.717, 1.165) is 25.5 Å². The Morgan fingerprint density at radius 3 is 2.42 bits per heavy atom. The summed E-state index contributed by atoms with van der Waals surface area (Å²) < 4.78 is 23.1. The summed E-state index contributed by atoms with van der Waals surface area (Å²) in [6, 6.07) is 14.5. The molecule has 0 saturated carbocycles. The van der Waals surface area contributed by atoms with Crippen molar-refractivity contribution < 1.29 is 13.2 Å². The van der Waals surface area contributed by atoms with E-state index >= 15 is 0 Å². The van der Waals surface area contributed by atoms with Crippen LogP contribution in [0.3, 0.4) is 0 Å². The topological polar surface area (TPSA) is 54.5 Å². The summed E-state index contributed by atoms with van der Waals surface area (Å²) in [4.78, 5) is 14.8. The highest BCUT2D eigenvalue weighted by Gasteiger charge is 2.27. The van der Waals surface area contributed by atoms with Crippen LogP contribution in [0.4, 0.5) is 0 Å². The first-order chi connectivity index (χ1) is 11.4. The van der Waals surface area contributed by atoms with Crippen molar-refractivity contribution in [1.29, 1.82) is 0 Å². The second-order valence-corrected chi connectivity index (χ2v) is 8.34. The van der Waals surface area contributed by atoms with Crippen LogP contribution in [0.25, 0.3) is 0 Å². The minimum Gasteiger partial charge on any atom is -0.335 e. The number of hydrogen-bond acceptors (Lipinski definition) is 3. The molecule has 0 radical (unpaired) electrons. The van der Waals surface area contributed by atoms with Gasteiger partial charge in [-0.1, -0.05) is 24.3 Å². The van der Waals surface area contributed by atoms with Crippen molar-refractivity contribution in [2.45, 2.75) is 30.2 Å². The van der Waals surface area contributed by atoms with Gasteiger partial charge >= 0.3 is 0 Å². The second-order valence-electron chi connectivity index (χ2n) is 6.32. The lowest BCUT2D eigenvalue weighted by molar-refractivity contribution is 0.0715. The molecule has 1 aliphatic rings. The Morgan fingerprint density at radius 1 is 1.08 bits per heavy atom. The maximum Gasteiger partial charge on any atom is 0.254 e. The normalized spacial score (nSPS) is 17.2. The summed E-state index contributed by atoms with van der Waals surface area (Å²) in [6.45, 7) is 0. The van der Waals surface area contributed by atoms with Gasteiger partial charge in [0.2, 0.25) is 0 Å². The molecule has 1 atom stereocenters. The van der Waals surface area contributed by atoms with Crippen LogP contribution in [-0.4, -0.2) is 32.5 Å². The first-order valence-corrected chi connectivity index (χ1v) is 9.92. The Hall–Kier alpha value is -2.14. The lowest BCUT2D eigenvalue weighted by Gasteiger charge is -2.33. The molecule has 0 spiro atoms. The van der Waals surface area contributed by atoms with E-state index in [2.05, 4.69) is 12.1 Å². The molecule has 3 rings (SSSR count). The monoisotopic (exact) mass is 343 g/mol. The van der Waals surface area contributed by atoms with Gasteiger partial charge in [0.1, 0.15) is 0 Å². The third kappa shape index (κ3) is 3.22. The molecule has 0 heterocycles. The van der Waals surface area contributed by atoms with Crippen LogP contribution >= 0.6 is 0 Å². The summed E-state index contributed by atoms with van der Waals surface area (Å²) in [5.41, 5.74) is 3.03. The Morgan fingerprint density at radius 2 is 1.75 bits per heavy atom. The average Bonchev–Trinajstić information content (AvgIpc) is 2.59. The standard InChI is InChI=1S/C19H21NO3S/c1-20(18-9-5-7-14-6-3-4-8-17(14)18)19(21)15-10-12-16(13-11-15)24(2,22)23/h3-4,6,8,10-13,18H,5,7,9H2,1-2H3/t18-/m1/s1. The van der Waals surface area contributed by atoms with Crippen molar-refractivity contribution in [3.05, 3.63) is 65.2 Å². The van der Waals surface area contributed by atoms with E-state index in [1.165, 1.54) is 23.3 Å². The Balaban J connectivity index is 1.86. The minimum absolute atomic E-state index is 0.0667. The molecule has 126 valence electrons. The first kappa shape index (κ1) is 16.7. The smallest absolute Gasteiger partial charge is 0.254 e. The van der Waals surface area contributed by atoms with Crippen molar-refractivity contribution in [2.75, 3.05) is 13.3 Å². The molecule has 1 aliphatic carbocycles. The molecule has 0 aliphatic heterocycles. The summed E-state index contributed by atoms with van der Waals surface area (Å²) in [6.07, 6.45) is 4.22. The highest BCUT2D eigenvalue weighted by atomic mass is 32.2. The maximum atomic E-state index is 12.8. The van der Waals surface area contributed by atoms with E-state index < -0.39 is 9.84 Å². The van der Waals surface area contributed by atoms with Crippen molar-refractivity contribution in [2.24, 2.45) is 0 Å². The molecule has 0 unspecified atom stereocenters. The number of carbonyl (C=O) groups is 1. The number of benzene rings is 2. The van der Waals surface area contributed by atoms with Gasteiger partial charge in [0.15, 0.2) is 9.84 Å². The molecule has 0 bridgehead atoms. The molecule has 2 aromatic rings. The quantitative estimate of drug-likeness (QED) is 0.860. The highest BCUT2D eigenvalue weighted by molar-refractivity contribution is 7.90. The average molecular weight is 343 g/mol. The zero-order chi connectivity index (χ0) is 17.3. The number of hydrogen-bond donors (Lipinski definition) is 0. The maximum absolute atomic E-state index is 12.8. The van der Waals surface area contributed by atoms with Crippen molar-refractivity contribution in [3.8, 4) is 0 Å². The SMILES string of the molecule is CN(C(=O)c1ccc(S(C)(=O)=O)cc1)[C@@H]1CCCc2ccccc21. The number of carbonyl (C=O) groups excluding carboxylic acids is 1. The number of sulfone groups is 1. The van der Waals surface area contributed by atoms with E-state index in [0.29, 0.717) is 5.56 Å². The fraction of sp³-hybridized carbons (Fsp3) is 0.316. The van der Waals surface area contributed by atoms with E-state index in [1.54, 1.807) is 17.0 Å². The molecule has 5 heteroatoms. The Kier molecular flexibility index (Phi) is 4.45. The Labute approximate surface area is 143 Å². The van der Waals surface area contributed by atoms with E-state index in [4.69, 9.17) is 0 Å². The fourth-order valence-corrected chi connectivity index (χ4v) is 3.95. The molecule has 4 nitrogen and oxygen atoms in total. The van der Waals surface area contributed by atoms with Gasteiger partial charge in [0.25, 0.3) is 5.91 Å². The van der Waals surface area contributed by atoms with E-state index in [-0.39, 0.29) is 16.8 Å². The third-order valence-corrected chi connectivity index (χ3v) is 5.78. The predicted octanol–water partition coefficient (Wildman–Crippen LogP) is 3.24. The van der Waals surface area contributed by atoms with Gasteiger partial charge in [-0.2, -0.15) is 0 Å². The molecule has 0 fully saturated rings. The second kappa shape index (κ2) is 6.40. The summed E-state index contributed by atoms with van der Waals surface area (Å²) in [5.74, 6) is -0.0863. The van der Waals surface area contributed by atoms with E-state index in [1.807, 2.05) is 19.2 Å². The zero-order valence-electron chi connectivity index (χ0n) is 13.9. The highest BCUT2D eigenvalue weighted by Crippen LogP contribution is 2.34. The van der Waals surface area contributed by atoms with Crippen LogP contribution in [0, 0.1) is 0 Å². The zero-order valence-corrected chi connectivity index (χ0v) is 14.7. The van der Waals surface area contributed by atoms with Crippen LogP contribution in [0.15, 0.2) is 53.4 Å². The fourth-order valence-electron chi connectivity index (χ4n) is 3.32. The molecule has 0 aromatic heterocycles. The molecule has 1 amide bonds. The lowest BCUT2D eigenvalue weighted by Crippen LogP contribution is -2.33. The van der Waals surface area contributed by atoms with E-state index in [9.17, 15) is 13.2 Å². The molecule has 0 saturated heterocycles. The number of nitrogens with zero attached hydrogens (tertiary/aromatic N) is 1. The van der Waals surface area contributed by atoms with Crippen molar-refractivity contribution >= 4 is 15.7 Å². The van der Waals surface area contributed by atoms with Gasteiger partial charge in [-0.15, -0.1) is 0 Å². The van der Waals surface area contributed by atoms with Crippen LogP contribution in [-0.2, 0) is 16.3 Å². The number of aryl methyl sites for hydroxylation is 1. The van der Waals surface area contributed by atoms with Crippen LogP contribution in [0.2, 0.25) is 0 Å².